The lowest BCUT2D eigenvalue weighted by molar-refractivity contribution is -0.126. The van der Waals surface area contributed by atoms with Crippen LogP contribution in [0.1, 0.15) is 39.7 Å². The number of carbonyl (C=O) groups is 2. The Kier molecular flexibility index (Phi) is 7.92. The number of hydrogen-bond acceptors (Lipinski definition) is 5. The Morgan fingerprint density at radius 2 is 1.80 bits per heavy atom. The lowest BCUT2D eigenvalue weighted by Gasteiger charge is -2.28. The van der Waals surface area contributed by atoms with Crippen molar-refractivity contribution in [2.24, 2.45) is 5.92 Å². The van der Waals surface area contributed by atoms with Crippen LogP contribution in [0, 0.1) is 5.92 Å². The maximum absolute atomic E-state index is 12.4. The molecule has 0 fully saturated rings. The molecule has 1 atom stereocenters. The second-order valence-electron chi connectivity index (χ2n) is 6.93. The van der Waals surface area contributed by atoms with Crippen molar-refractivity contribution in [3.8, 4) is 0 Å². The molecule has 0 aliphatic heterocycles. The van der Waals surface area contributed by atoms with Crippen LogP contribution in [0.4, 0.5) is 4.79 Å². The number of carbonyl (C=O) groups excluding carboxylic acids is 2. The highest BCUT2D eigenvalue weighted by molar-refractivity contribution is 6.43. The van der Waals surface area contributed by atoms with E-state index in [-0.39, 0.29) is 12.5 Å². The van der Waals surface area contributed by atoms with Crippen molar-refractivity contribution in [1.29, 1.82) is 0 Å². The van der Waals surface area contributed by atoms with Crippen molar-refractivity contribution < 1.29 is 24.4 Å². The molecule has 138 valence electrons. The van der Waals surface area contributed by atoms with Gasteiger partial charge in [-0.25, -0.2) is 4.79 Å². The van der Waals surface area contributed by atoms with Crippen molar-refractivity contribution in [3.05, 3.63) is 35.9 Å². The lowest BCUT2D eigenvalue weighted by atomic mass is 9.74. The third-order valence-corrected chi connectivity index (χ3v) is 3.60. The van der Waals surface area contributed by atoms with E-state index < -0.39 is 30.6 Å². The topological polar surface area (TPSA) is 108 Å². The summed E-state index contributed by atoms with van der Waals surface area (Å²) in [4.78, 5) is 24.3. The molecule has 0 heterocycles. The van der Waals surface area contributed by atoms with E-state index in [0.717, 1.165) is 5.56 Å². The van der Waals surface area contributed by atoms with E-state index in [0.29, 0.717) is 6.42 Å². The summed E-state index contributed by atoms with van der Waals surface area (Å²) in [5.74, 6) is -1.17. The standard InChI is InChI=1S/C17H27BN2O5/c1-12(2)10-14(18(23)24)19-15(21)17(3,4)20-16(22)25-11-13-8-6-5-7-9-13/h5-9,12,14,23-24H,10-11H2,1-4H3,(H,19,21)(H,20,22)/t14-/m0/s1. The van der Waals surface area contributed by atoms with E-state index in [9.17, 15) is 19.6 Å². The number of ether oxygens (including phenoxy) is 1. The molecule has 0 radical (unpaired) electrons. The largest absolute Gasteiger partial charge is 0.475 e. The molecule has 8 heteroatoms. The third-order valence-electron chi connectivity index (χ3n) is 3.60. The van der Waals surface area contributed by atoms with Crippen LogP contribution in [0.2, 0.25) is 0 Å². The fourth-order valence-corrected chi connectivity index (χ4v) is 2.18. The Morgan fingerprint density at radius 3 is 2.32 bits per heavy atom. The first-order chi connectivity index (χ1) is 11.6. The molecule has 1 aromatic carbocycles. The number of amides is 2. The maximum atomic E-state index is 12.4. The quantitative estimate of drug-likeness (QED) is 0.528. The summed E-state index contributed by atoms with van der Waals surface area (Å²) >= 11 is 0. The minimum atomic E-state index is -1.67. The van der Waals surface area contributed by atoms with E-state index in [1.807, 2.05) is 44.2 Å². The molecule has 1 rings (SSSR count). The normalized spacial score (nSPS) is 12.4. The molecule has 0 saturated carbocycles. The average molecular weight is 350 g/mol. The first-order valence-electron chi connectivity index (χ1n) is 8.27. The summed E-state index contributed by atoms with van der Waals surface area (Å²) in [6.45, 7) is 6.94. The van der Waals surface area contributed by atoms with Gasteiger partial charge in [0.25, 0.3) is 0 Å². The van der Waals surface area contributed by atoms with Gasteiger partial charge in [0, 0.05) is 0 Å². The van der Waals surface area contributed by atoms with Gasteiger partial charge in [-0.3, -0.25) is 4.79 Å². The molecule has 7 nitrogen and oxygen atoms in total. The molecule has 0 spiro atoms. The molecule has 4 N–H and O–H groups in total. The first-order valence-corrected chi connectivity index (χ1v) is 8.27. The van der Waals surface area contributed by atoms with Crippen LogP contribution in [0.5, 0.6) is 0 Å². The second kappa shape index (κ2) is 9.43. The van der Waals surface area contributed by atoms with Gasteiger partial charge in [0.05, 0.1) is 5.94 Å². The van der Waals surface area contributed by atoms with Crippen molar-refractivity contribution in [1.82, 2.24) is 10.6 Å². The van der Waals surface area contributed by atoms with Gasteiger partial charge in [-0.1, -0.05) is 44.2 Å². The second-order valence-corrected chi connectivity index (χ2v) is 6.93. The summed E-state index contributed by atoms with van der Waals surface area (Å²) < 4.78 is 5.10. The fraction of sp³-hybridized carbons (Fsp3) is 0.529. The number of hydrogen-bond donors (Lipinski definition) is 4. The van der Waals surface area contributed by atoms with Crippen molar-refractivity contribution >= 4 is 19.1 Å². The minimum Gasteiger partial charge on any atom is -0.445 e. The van der Waals surface area contributed by atoms with E-state index in [1.165, 1.54) is 13.8 Å². The Bertz CT molecular complexity index is 563. The SMILES string of the molecule is CC(C)C[C@H](NC(=O)C(C)(C)NC(=O)OCc1ccccc1)B(O)O. The maximum Gasteiger partial charge on any atom is 0.475 e. The van der Waals surface area contributed by atoms with E-state index in [1.54, 1.807) is 0 Å². The Hall–Kier alpha value is -2.06. The average Bonchev–Trinajstić information content (AvgIpc) is 2.52. The van der Waals surface area contributed by atoms with Crippen LogP contribution in [-0.2, 0) is 16.1 Å². The minimum absolute atomic E-state index is 0.0930. The van der Waals surface area contributed by atoms with Gasteiger partial charge in [-0.2, -0.15) is 0 Å². The zero-order valence-corrected chi connectivity index (χ0v) is 15.2. The highest BCUT2D eigenvalue weighted by Crippen LogP contribution is 2.10. The van der Waals surface area contributed by atoms with Crippen LogP contribution in [-0.4, -0.2) is 40.6 Å². The molecule has 0 aromatic heterocycles. The van der Waals surface area contributed by atoms with E-state index >= 15 is 0 Å². The van der Waals surface area contributed by atoms with Crippen molar-refractivity contribution in [2.45, 2.75) is 52.2 Å². The predicted molar refractivity (Wildman–Crippen MR) is 95.4 cm³/mol. The number of benzene rings is 1. The Labute approximate surface area is 148 Å². The summed E-state index contributed by atoms with van der Waals surface area (Å²) in [5.41, 5.74) is -0.432. The number of nitrogens with one attached hydrogen (secondary N) is 2. The van der Waals surface area contributed by atoms with Crippen molar-refractivity contribution in [2.75, 3.05) is 0 Å². The molecule has 25 heavy (non-hydrogen) atoms. The zero-order chi connectivity index (χ0) is 19.0. The monoisotopic (exact) mass is 350 g/mol. The molecule has 0 aliphatic rings. The Balaban J connectivity index is 2.56. The molecular weight excluding hydrogens is 323 g/mol. The van der Waals surface area contributed by atoms with Gasteiger partial charge in [-0.15, -0.1) is 0 Å². The van der Waals surface area contributed by atoms with Gasteiger partial charge < -0.3 is 25.4 Å². The highest BCUT2D eigenvalue weighted by Gasteiger charge is 2.34. The van der Waals surface area contributed by atoms with Gasteiger partial charge in [0.15, 0.2) is 0 Å². The summed E-state index contributed by atoms with van der Waals surface area (Å²) in [5, 5.41) is 23.8. The highest BCUT2D eigenvalue weighted by atomic mass is 16.5. The zero-order valence-electron chi connectivity index (χ0n) is 15.2. The smallest absolute Gasteiger partial charge is 0.445 e. The molecule has 0 bridgehead atoms. The summed E-state index contributed by atoms with van der Waals surface area (Å²) in [7, 11) is -1.67. The molecule has 0 saturated heterocycles. The molecule has 0 aliphatic carbocycles. The lowest BCUT2D eigenvalue weighted by Crippen LogP contribution is -2.59. The number of alkyl carbamates (subject to hydrolysis) is 1. The van der Waals surface area contributed by atoms with E-state index in [2.05, 4.69) is 10.6 Å². The summed E-state index contributed by atoms with van der Waals surface area (Å²) in [6.07, 6.45) is -0.327. The van der Waals surface area contributed by atoms with Gasteiger partial charge in [0.1, 0.15) is 12.1 Å². The first kappa shape index (κ1) is 21.0. The van der Waals surface area contributed by atoms with Gasteiger partial charge >= 0.3 is 13.2 Å². The third kappa shape index (κ3) is 7.58. The van der Waals surface area contributed by atoms with Crippen LogP contribution < -0.4 is 10.6 Å². The molecular formula is C17H27BN2O5. The van der Waals surface area contributed by atoms with Crippen LogP contribution in [0.15, 0.2) is 30.3 Å². The van der Waals surface area contributed by atoms with E-state index in [4.69, 9.17) is 4.74 Å². The molecule has 2 amide bonds. The fourth-order valence-electron chi connectivity index (χ4n) is 2.18. The van der Waals surface area contributed by atoms with Crippen LogP contribution in [0.3, 0.4) is 0 Å². The molecule has 0 unspecified atom stereocenters. The van der Waals surface area contributed by atoms with Crippen LogP contribution >= 0.6 is 0 Å². The molecule has 1 aromatic rings. The van der Waals surface area contributed by atoms with Gasteiger partial charge in [0.2, 0.25) is 5.91 Å². The Morgan fingerprint density at radius 1 is 1.20 bits per heavy atom. The summed E-state index contributed by atoms with van der Waals surface area (Å²) in [6, 6.07) is 9.18. The number of rotatable bonds is 8. The van der Waals surface area contributed by atoms with Crippen molar-refractivity contribution in [3.63, 3.8) is 0 Å². The van der Waals surface area contributed by atoms with Crippen LogP contribution in [0.25, 0.3) is 0 Å². The van der Waals surface area contributed by atoms with Gasteiger partial charge in [-0.05, 0) is 31.7 Å². The predicted octanol–water partition coefficient (Wildman–Crippen LogP) is 1.23.